The number of hydrogen-bond donors (Lipinski definition) is 2. The standard InChI is InChI=1S/C12H19NO3/c1-3-15-10-6-5-7-11(16-4-2)12(10)9(14)8-13/h5-7,9,14H,3-4,8,13H2,1-2H3. The first-order valence-electron chi connectivity index (χ1n) is 5.51. The third-order valence-corrected chi connectivity index (χ3v) is 2.18. The van der Waals surface area contributed by atoms with Crippen LogP contribution in [0.2, 0.25) is 0 Å². The summed E-state index contributed by atoms with van der Waals surface area (Å²) in [5.74, 6) is 1.26. The molecule has 0 amide bonds. The highest BCUT2D eigenvalue weighted by molar-refractivity contribution is 5.46. The van der Waals surface area contributed by atoms with Crippen molar-refractivity contribution in [2.45, 2.75) is 20.0 Å². The van der Waals surface area contributed by atoms with Gasteiger partial charge in [-0.2, -0.15) is 0 Å². The fraction of sp³-hybridized carbons (Fsp3) is 0.500. The van der Waals surface area contributed by atoms with Crippen molar-refractivity contribution in [2.24, 2.45) is 5.73 Å². The second kappa shape index (κ2) is 6.35. The molecule has 1 rings (SSSR count). The number of rotatable bonds is 6. The molecule has 16 heavy (non-hydrogen) atoms. The molecule has 0 radical (unpaired) electrons. The van der Waals surface area contributed by atoms with Crippen molar-refractivity contribution in [3.05, 3.63) is 23.8 Å². The summed E-state index contributed by atoms with van der Waals surface area (Å²) in [6.07, 6.45) is -0.760. The van der Waals surface area contributed by atoms with Gasteiger partial charge in [-0.15, -0.1) is 0 Å². The minimum Gasteiger partial charge on any atom is -0.493 e. The van der Waals surface area contributed by atoms with Gasteiger partial charge in [0.05, 0.1) is 24.9 Å². The first-order valence-corrected chi connectivity index (χ1v) is 5.51. The Morgan fingerprint density at radius 3 is 2.06 bits per heavy atom. The predicted molar refractivity (Wildman–Crippen MR) is 62.8 cm³/mol. The largest absolute Gasteiger partial charge is 0.493 e. The first-order chi connectivity index (χ1) is 7.74. The van der Waals surface area contributed by atoms with Crippen LogP contribution >= 0.6 is 0 Å². The van der Waals surface area contributed by atoms with E-state index in [4.69, 9.17) is 15.2 Å². The molecule has 1 unspecified atom stereocenters. The van der Waals surface area contributed by atoms with Crippen LogP contribution in [0.15, 0.2) is 18.2 Å². The number of ether oxygens (including phenoxy) is 2. The van der Waals surface area contributed by atoms with Gasteiger partial charge in [-0.25, -0.2) is 0 Å². The Morgan fingerprint density at radius 1 is 1.19 bits per heavy atom. The average molecular weight is 225 g/mol. The molecule has 0 aliphatic heterocycles. The topological polar surface area (TPSA) is 64.7 Å². The van der Waals surface area contributed by atoms with Gasteiger partial charge in [0.2, 0.25) is 0 Å². The van der Waals surface area contributed by atoms with Gasteiger partial charge in [0.15, 0.2) is 0 Å². The van der Waals surface area contributed by atoms with Crippen LogP contribution in [0.1, 0.15) is 25.5 Å². The molecule has 90 valence electrons. The fourth-order valence-electron chi connectivity index (χ4n) is 1.53. The zero-order valence-electron chi connectivity index (χ0n) is 9.77. The quantitative estimate of drug-likeness (QED) is 0.769. The van der Waals surface area contributed by atoms with Gasteiger partial charge in [-0.05, 0) is 26.0 Å². The van der Waals surface area contributed by atoms with E-state index in [0.717, 1.165) is 0 Å². The van der Waals surface area contributed by atoms with E-state index in [1.807, 2.05) is 19.9 Å². The van der Waals surface area contributed by atoms with Crippen LogP contribution in [-0.2, 0) is 0 Å². The summed E-state index contributed by atoms with van der Waals surface area (Å²) in [6.45, 7) is 5.02. The molecular weight excluding hydrogens is 206 g/mol. The van der Waals surface area contributed by atoms with Crippen LogP contribution < -0.4 is 15.2 Å². The Bertz CT molecular complexity index is 304. The van der Waals surface area contributed by atoms with E-state index in [1.54, 1.807) is 12.1 Å². The maximum Gasteiger partial charge on any atom is 0.128 e. The summed E-state index contributed by atoms with van der Waals surface area (Å²) in [5.41, 5.74) is 6.11. The van der Waals surface area contributed by atoms with Crippen molar-refractivity contribution in [1.29, 1.82) is 0 Å². The number of hydrogen-bond acceptors (Lipinski definition) is 4. The molecule has 4 nitrogen and oxygen atoms in total. The van der Waals surface area contributed by atoms with Crippen LogP contribution in [0.5, 0.6) is 11.5 Å². The smallest absolute Gasteiger partial charge is 0.128 e. The molecule has 4 heteroatoms. The zero-order valence-corrected chi connectivity index (χ0v) is 9.77. The molecule has 0 heterocycles. The summed E-state index contributed by atoms with van der Waals surface area (Å²) in [4.78, 5) is 0. The van der Waals surface area contributed by atoms with Crippen molar-refractivity contribution in [2.75, 3.05) is 19.8 Å². The SMILES string of the molecule is CCOc1cccc(OCC)c1C(O)CN. The molecule has 1 aromatic rings. The lowest BCUT2D eigenvalue weighted by atomic mass is 10.1. The third-order valence-electron chi connectivity index (χ3n) is 2.18. The molecule has 0 aliphatic rings. The maximum atomic E-state index is 9.86. The Balaban J connectivity index is 3.11. The minimum absolute atomic E-state index is 0.143. The summed E-state index contributed by atoms with van der Waals surface area (Å²) < 4.78 is 10.9. The van der Waals surface area contributed by atoms with Crippen LogP contribution in [0.3, 0.4) is 0 Å². The summed E-state index contributed by atoms with van der Waals surface area (Å²) in [7, 11) is 0. The molecule has 0 fully saturated rings. The van der Waals surface area contributed by atoms with Crippen LogP contribution in [-0.4, -0.2) is 24.9 Å². The second-order valence-corrected chi connectivity index (χ2v) is 3.29. The van der Waals surface area contributed by atoms with Crippen molar-refractivity contribution in [3.63, 3.8) is 0 Å². The van der Waals surface area contributed by atoms with Crippen LogP contribution in [0, 0.1) is 0 Å². The molecule has 0 saturated heterocycles. The number of benzene rings is 1. The van der Waals surface area contributed by atoms with Crippen molar-refractivity contribution >= 4 is 0 Å². The molecule has 0 aliphatic carbocycles. The van der Waals surface area contributed by atoms with Gasteiger partial charge in [-0.1, -0.05) is 6.07 Å². The molecule has 0 saturated carbocycles. The van der Waals surface area contributed by atoms with E-state index >= 15 is 0 Å². The fourth-order valence-corrected chi connectivity index (χ4v) is 1.53. The van der Waals surface area contributed by atoms with Gasteiger partial charge < -0.3 is 20.3 Å². The van der Waals surface area contributed by atoms with E-state index in [-0.39, 0.29) is 6.54 Å². The third kappa shape index (κ3) is 2.87. The molecule has 1 aromatic carbocycles. The number of aliphatic hydroxyl groups is 1. The summed E-state index contributed by atoms with van der Waals surface area (Å²) in [6, 6.07) is 5.45. The van der Waals surface area contributed by atoms with Crippen LogP contribution in [0.25, 0.3) is 0 Å². The van der Waals surface area contributed by atoms with E-state index < -0.39 is 6.10 Å². The van der Waals surface area contributed by atoms with Gasteiger partial charge in [0.1, 0.15) is 11.5 Å². The lowest BCUT2D eigenvalue weighted by molar-refractivity contribution is 0.173. The average Bonchev–Trinajstić information content (AvgIpc) is 2.29. The highest BCUT2D eigenvalue weighted by atomic mass is 16.5. The van der Waals surface area contributed by atoms with Gasteiger partial charge in [0.25, 0.3) is 0 Å². The summed E-state index contributed by atoms with van der Waals surface area (Å²) in [5, 5.41) is 9.86. The monoisotopic (exact) mass is 225 g/mol. The number of aliphatic hydroxyl groups excluding tert-OH is 1. The number of nitrogens with two attached hydrogens (primary N) is 1. The molecule has 0 aromatic heterocycles. The minimum atomic E-state index is -0.760. The van der Waals surface area contributed by atoms with Crippen molar-refractivity contribution in [3.8, 4) is 11.5 Å². The highest BCUT2D eigenvalue weighted by Gasteiger charge is 2.17. The first kappa shape index (κ1) is 12.8. The van der Waals surface area contributed by atoms with Gasteiger partial charge in [0, 0.05) is 6.54 Å². The molecule has 0 spiro atoms. The molecule has 1 atom stereocenters. The molecular formula is C12H19NO3. The highest BCUT2D eigenvalue weighted by Crippen LogP contribution is 2.33. The maximum absolute atomic E-state index is 9.86. The van der Waals surface area contributed by atoms with Gasteiger partial charge in [-0.3, -0.25) is 0 Å². The van der Waals surface area contributed by atoms with Crippen molar-refractivity contribution in [1.82, 2.24) is 0 Å². The van der Waals surface area contributed by atoms with E-state index in [1.165, 1.54) is 0 Å². The van der Waals surface area contributed by atoms with Gasteiger partial charge >= 0.3 is 0 Å². The lowest BCUT2D eigenvalue weighted by Gasteiger charge is -2.18. The van der Waals surface area contributed by atoms with E-state index in [2.05, 4.69) is 0 Å². The summed E-state index contributed by atoms with van der Waals surface area (Å²) >= 11 is 0. The van der Waals surface area contributed by atoms with Crippen molar-refractivity contribution < 1.29 is 14.6 Å². The molecule has 0 bridgehead atoms. The lowest BCUT2D eigenvalue weighted by Crippen LogP contribution is -2.14. The Morgan fingerprint density at radius 2 is 1.69 bits per heavy atom. The Hall–Kier alpha value is -1.26. The normalized spacial score (nSPS) is 12.2. The predicted octanol–water partition coefficient (Wildman–Crippen LogP) is 1.48. The van der Waals surface area contributed by atoms with E-state index in [9.17, 15) is 5.11 Å². The Kier molecular flexibility index (Phi) is 5.08. The van der Waals surface area contributed by atoms with Crippen LogP contribution in [0.4, 0.5) is 0 Å². The second-order valence-electron chi connectivity index (χ2n) is 3.29. The molecule has 3 N–H and O–H groups in total. The zero-order chi connectivity index (χ0) is 12.0. The Labute approximate surface area is 96.0 Å². The van der Waals surface area contributed by atoms with E-state index in [0.29, 0.717) is 30.3 Å².